The van der Waals surface area contributed by atoms with E-state index in [-0.39, 0.29) is 11.4 Å². The number of hydrogen-bond donors (Lipinski definition) is 3. The Morgan fingerprint density at radius 2 is 2.33 bits per heavy atom. The number of rotatable bonds is 3. The van der Waals surface area contributed by atoms with Crippen molar-refractivity contribution >= 4 is 5.84 Å². The SMILES string of the molecule is CC1(O)CCN(Cc2cccc(C(=N)N)c2F)C1. The molecule has 4 nitrogen and oxygen atoms in total. The minimum Gasteiger partial charge on any atom is -0.389 e. The van der Waals surface area contributed by atoms with Crippen LogP contribution in [-0.2, 0) is 6.54 Å². The molecule has 0 aromatic heterocycles. The Kier molecular flexibility index (Phi) is 3.36. The summed E-state index contributed by atoms with van der Waals surface area (Å²) >= 11 is 0. The molecule has 0 aliphatic carbocycles. The van der Waals surface area contributed by atoms with Gasteiger partial charge in [-0.2, -0.15) is 0 Å². The highest BCUT2D eigenvalue weighted by atomic mass is 19.1. The van der Waals surface area contributed by atoms with E-state index in [1.165, 1.54) is 6.07 Å². The second-order valence-corrected chi connectivity index (χ2v) is 5.15. The van der Waals surface area contributed by atoms with Crippen molar-refractivity contribution in [3.8, 4) is 0 Å². The van der Waals surface area contributed by atoms with Crippen LogP contribution in [0, 0.1) is 11.2 Å². The normalized spacial score (nSPS) is 24.4. The maximum Gasteiger partial charge on any atom is 0.138 e. The number of halogens is 1. The lowest BCUT2D eigenvalue weighted by molar-refractivity contribution is 0.0677. The van der Waals surface area contributed by atoms with E-state index in [0.29, 0.717) is 25.1 Å². The van der Waals surface area contributed by atoms with E-state index in [2.05, 4.69) is 0 Å². The van der Waals surface area contributed by atoms with Crippen molar-refractivity contribution in [3.63, 3.8) is 0 Å². The van der Waals surface area contributed by atoms with E-state index in [4.69, 9.17) is 11.1 Å². The fourth-order valence-corrected chi connectivity index (χ4v) is 2.32. The van der Waals surface area contributed by atoms with Crippen molar-refractivity contribution in [2.75, 3.05) is 13.1 Å². The summed E-state index contributed by atoms with van der Waals surface area (Å²) in [6.45, 7) is 3.51. The summed E-state index contributed by atoms with van der Waals surface area (Å²) in [5, 5.41) is 17.2. The average Bonchev–Trinajstić information content (AvgIpc) is 2.61. The first-order chi connectivity index (χ1) is 8.39. The number of nitrogens with zero attached hydrogens (tertiary/aromatic N) is 1. The second kappa shape index (κ2) is 4.66. The molecule has 1 unspecified atom stereocenters. The molecule has 1 aliphatic rings. The lowest BCUT2D eigenvalue weighted by Gasteiger charge is -2.19. The zero-order chi connectivity index (χ0) is 13.3. The number of likely N-dealkylation sites (tertiary alicyclic amines) is 1. The first-order valence-corrected chi connectivity index (χ1v) is 5.95. The highest BCUT2D eigenvalue weighted by Gasteiger charge is 2.31. The number of benzene rings is 1. The van der Waals surface area contributed by atoms with Gasteiger partial charge < -0.3 is 10.8 Å². The third kappa shape index (κ3) is 2.68. The van der Waals surface area contributed by atoms with Crippen LogP contribution >= 0.6 is 0 Å². The lowest BCUT2D eigenvalue weighted by atomic mass is 10.1. The van der Waals surface area contributed by atoms with Gasteiger partial charge in [0.15, 0.2) is 0 Å². The van der Waals surface area contributed by atoms with Gasteiger partial charge in [-0.15, -0.1) is 0 Å². The Balaban J connectivity index is 2.15. The van der Waals surface area contributed by atoms with E-state index in [1.54, 1.807) is 19.1 Å². The summed E-state index contributed by atoms with van der Waals surface area (Å²) in [5.41, 5.74) is 5.29. The van der Waals surface area contributed by atoms with Gasteiger partial charge in [-0.05, 0) is 19.4 Å². The van der Waals surface area contributed by atoms with Crippen LogP contribution in [-0.4, -0.2) is 34.5 Å². The molecule has 1 aromatic carbocycles. The second-order valence-electron chi connectivity index (χ2n) is 5.15. The van der Waals surface area contributed by atoms with E-state index < -0.39 is 11.4 Å². The minimum absolute atomic E-state index is 0.137. The molecular formula is C13H18FN3O. The smallest absolute Gasteiger partial charge is 0.138 e. The van der Waals surface area contributed by atoms with Crippen LogP contribution in [0.4, 0.5) is 4.39 Å². The highest BCUT2D eigenvalue weighted by Crippen LogP contribution is 2.23. The Morgan fingerprint density at radius 3 is 2.89 bits per heavy atom. The molecule has 1 atom stereocenters. The summed E-state index contributed by atoms with van der Waals surface area (Å²) in [7, 11) is 0. The van der Waals surface area contributed by atoms with Crippen molar-refractivity contribution < 1.29 is 9.50 Å². The van der Waals surface area contributed by atoms with Crippen LogP contribution in [0.3, 0.4) is 0 Å². The van der Waals surface area contributed by atoms with E-state index >= 15 is 0 Å². The Labute approximate surface area is 106 Å². The van der Waals surface area contributed by atoms with Gasteiger partial charge in [0.2, 0.25) is 0 Å². The Bertz CT molecular complexity index is 473. The van der Waals surface area contributed by atoms with Crippen molar-refractivity contribution in [3.05, 3.63) is 35.1 Å². The van der Waals surface area contributed by atoms with Crippen LogP contribution in [0.1, 0.15) is 24.5 Å². The van der Waals surface area contributed by atoms with Crippen LogP contribution in [0.15, 0.2) is 18.2 Å². The monoisotopic (exact) mass is 251 g/mol. The summed E-state index contributed by atoms with van der Waals surface area (Å²) in [6, 6.07) is 4.89. The van der Waals surface area contributed by atoms with Crippen LogP contribution in [0.25, 0.3) is 0 Å². The molecule has 0 amide bonds. The zero-order valence-electron chi connectivity index (χ0n) is 10.4. The van der Waals surface area contributed by atoms with Crippen molar-refractivity contribution in [1.29, 1.82) is 5.41 Å². The maximum absolute atomic E-state index is 14.1. The van der Waals surface area contributed by atoms with E-state index in [1.807, 2.05) is 4.90 Å². The highest BCUT2D eigenvalue weighted by molar-refractivity contribution is 5.95. The number of hydrogen-bond acceptors (Lipinski definition) is 3. The molecule has 1 fully saturated rings. The molecule has 0 radical (unpaired) electrons. The standard InChI is InChI=1S/C13H18FN3O/c1-13(18)5-6-17(8-13)7-9-3-2-4-10(11(9)14)12(15)16/h2-4,18H,5-8H2,1H3,(H3,15,16). The number of nitrogen functional groups attached to an aromatic ring is 1. The molecule has 1 heterocycles. The molecule has 98 valence electrons. The Hall–Kier alpha value is -1.46. The molecule has 18 heavy (non-hydrogen) atoms. The number of nitrogens with one attached hydrogen (secondary N) is 1. The quantitative estimate of drug-likeness (QED) is 0.555. The van der Waals surface area contributed by atoms with Gasteiger partial charge in [0.1, 0.15) is 11.7 Å². The summed E-state index contributed by atoms with van der Waals surface area (Å²) in [5.74, 6) is -0.695. The Morgan fingerprint density at radius 1 is 1.61 bits per heavy atom. The molecular weight excluding hydrogens is 233 g/mol. The topological polar surface area (TPSA) is 73.3 Å². The first kappa shape index (κ1) is 13.0. The number of aliphatic hydroxyl groups is 1. The molecule has 2 rings (SSSR count). The zero-order valence-corrected chi connectivity index (χ0v) is 10.4. The molecule has 1 aliphatic heterocycles. The van der Waals surface area contributed by atoms with Gasteiger partial charge >= 0.3 is 0 Å². The van der Waals surface area contributed by atoms with Gasteiger partial charge in [-0.25, -0.2) is 4.39 Å². The summed E-state index contributed by atoms with van der Waals surface area (Å²) in [4.78, 5) is 2.00. The van der Waals surface area contributed by atoms with E-state index in [9.17, 15) is 9.50 Å². The summed E-state index contributed by atoms with van der Waals surface area (Å²) < 4.78 is 14.1. The fourth-order valence-electron chi connectivity index (χ4n) is 2.32. The van der Waals surface area contributed by atoms with Gasteiger partial charge in [-0.3, -0.25) is 10.3 Å². The number of nitrogens with two attached hydrogens (primary N) is 1. The minimum atomic E-state index is -0.686. The maximum atomic E-state index is 14.1. The number of β-amino-alcohol motifs (C(OH)–C–C–N with tert-alkyl or cyclic N) is 1. The van der Waals surface area contributed by atoms with Crippen LogP contribution in [0.5, 0.6) is 0 Å². The molecule has 0 bridgehead atoms. The number of amidine groups is 1. The third-order valence-electron chi connectivity index (χ3n) is 3.29. The largest absolute Gasteiger partial charge is 0.389 e. The molecule has 5 heteroatoms. The van der Waals surface area contributed by atoms with Crippen LogP contribution in [0.2, 0.25) is 0 Å². The van der Waals surface area contributed by atoms with Gasteiger partial charge in [0, 0.05) is 25.2 Å². The molecule has 4 N–H and O–H groups in total. The predicted octanol–water partition coefficient (Wildman–Crippen LogP) is 1.07. The van der Waals surface area contributed by atoms with E-state index in [0.717, 1.165) is 6.54 Å². The van der Waals surface area contributed by atoms with Gasteiger partial charge in [0.25, 0.3) is 0 Å². The summed E-state index contributed by atoms with van der Waals surface area (Å²) in [6.07, 6.45) is 0.695. The van der Waals surface area contributed by atoms with Crippen molar-refractivity contribution in [1.82, 2.24) is 4.90 Å². The lowest BCUT2D eigenvalue weighted by Crippen LogP contribution is -2.29. The third-order valence-corrected chi connectivity index (χ3v) is 3.29. The fraction of sp³-hybridized carbons (Fsp3) is 0.462. The van der Waals surface area contributed by atoms with Crippen molar-refractivity contribution in [2.45, 2.75) is 25.5 Å². The molecule has 0 spiro atoms. The van der Waals surface area contributed by atoms with Crippen LogP contribution < -0.4 is 5.73 Å². The van der Waals surface area contributed by atoms with Gasteiger partial charge in [0.05, 0.1) is 11.2 Å². The molecule has 1 aromatic rings. The van der Waals surface area contributed by atoms with Crippen molar-refractivity contribution in [2.24, 2.45) is 5.73 Å². The first-order valence-electron chi connectivity index (χ1n) is 5.95. The molecule has 1 saturated heterocycles. The molecule has 0 saturated carbocycles. The predicted molar refractivity (Wildman–Crippen MR) is 67.9 cm³/mol. The average molecular weight is 251 g/mol. The van der Waals surface area contributed by atoms with Gasteiger partial charge in [-0.1, -0.05) is 12.1 Å².